The van der Waals surface area contributed by atoms with Gasteiger partial charge in [-0.15, -0.1) is 0 Å². The van der Waals surface area contributed by atoms with Gasteiger partial charge in [0, 0.05) is 25.4 Å². The van der Waals surface area contributed by atoms with Gasteiger partial charge in [-0.25, -0.2) is 9.97 Å². The van der Waals surface area contributed by atoms with Crippen molar-refractivity contribution in [3.63, 3.8) is 0 Å². The van der Waals surface area contributed by atoms with Crippen molar-refractivity contribution < 1.29 is 9.53 Å². The Morgan fingerprint density at radius 3 is 2.96 bits per heavy atom. The van der Waals surface area contributed by atoms with E-state index in [0.717, 1.165) is 38.1 Å². The van der Waals surface area contributed by atoms with Crippen LogP contribution in [-0.2, 0) is 4.74 Å². The molecule has 0 radical (unpaired) electrons. The lowest BCUT2D eigenvalue weighted by molar-refractivity contribution is 0.0947. The van der Waals surface area contributed by atoms with Crippen molar-refractivity contribution in [3.8, 4) is 0 Å². The smallest absolute Gasteiger partial charge is 0.270 e. The van der Waals surface area contributed by atoms with Gasteiger partial charge < -0.3 is 20.3 Å². The number of aromatic nitrogens is 2. The van der Waals surface area contributed by atoms with Crippen LogP contribution in [0.25, 0.3) is 0 Å². The molecular weight excluding hydrogens is 294 g/mol. The molecule has 2 heterocycles. The first-order valence-electron chi connectivity index (χ1n) is 8.18. The Morgan fingerprint density at radius 1 is 1.43 bits per heavy atom. The van der Waals surface area contributed by atoms with E-state index in [0.29, 0.717) is 24.7 Å². The van der Waals surface area contributed by atoms with E-state index in [9.17, 15) is 4.79 Å². The van der Waals surface area contributed by atoms with E-state index in [4.69, 9.17) is 4.74 Å². The van der Waals surface area contributed by atoms with Crippen molar-refractivity contribution in [1.82, 2.24) is 20.2 Å². The first-order valence-corrected chi connectivity index (χ1v) is 8.18. The standard InChI is InChI=1S/C16H27N5O2/c1-12-10-14(15(22)17-7-5-8-21(2)3)20-16(19-12)18-11-13-6-4-9-23-13/h10,13H,4-9,11H2,1-3H3,(H,17,22)(H,18,19,20). The third kappa shape index (κ3) is 6.11. The summed E-state index contributed by atoms with van der Waals surface area (Å²) in [5, 5.41) is 6.07. The molecule has 1 fully saturated rings. The SMILES string of the molecule is Cc1cc(C(=O)NCCCN(C)C)nc(NCC2CCCO2)n1. The van der Waals surface area contributed by atoms with E-state index in [1.54, 1.807) is 6.07 Å². The predicted molar refractivity (Wildman–Crippen MR) is 89.7 cm³/mol. The van der Waals surface area contributed by atoms with Crippen molar-refractivity contribution in [2.45, 2.75) is 32.3 Å². The van der Waals surface area contributed by atoms with Gasteiger partial charge in [0.2, 0.25) is 5.95 Å². The third-order valence-electron chi connectivity index (χ3n) is 3.67. The van der Waals surface area contributed by atoms with E-state index in [-0.39, 0.29) is 12.0 Å². The van der Waals surface area contributed by atoms with Crippen LogP contribution in [0, 0.1) is 6.92 Å². The summed E-state index contributed by atoms with van der Waals surface area (Å²) >= 11 is 0. The van der Waals surface area contributed by atoms with Crippen LogP contribution in [0.5, 0.6) is 0 Å². The number of hydrogen-bond acceptors (Lipinski definition) is 6. The number of aryl methyl sites for hydroxylation is 1. The largest absolute Gasteiger partial charge is 0.376 e. The fourth-order valence-corrected chi connectivity index (χ4v) is 2.46. The highest BCUT2D eigenvalue weighted by atomic mass is 16.5. The van der Waals surface area contributed by atoms with Gasteiger partial charge in [0.1, 0.15) is 5.69 Å². The fourth-order valence-electron chi connectivity index (χ4n) is 2.46. The van der Waals surface area contributed by atoms with Gasteiger partial charge >= 0.3 is 0 Å². The molecule has 0 bridgehead atoms. The monoisotopic (exact) mass is 321 g/mol. The quantitative estimate of drug-likeness (QED) is 0.697. The predicted octanol–water partition coefficient (Wildman–Crippen LogP) is 1.06. The number of nitrogens with one attached hydrogen (secondary N) is 2. The zero-order valence-corrected chi connectivity index (χ0v) is 14.3. The molecule has 1 aromatic rings. The van der Waals surface area contributed by atoms with Gasteiger partial charge in [-0.2, -0.15) is 0 Å². The summed E-state index contributed by atoms with van der Waals surface area (Å²) in [6, 6.07) is 1.71. The Hall–Kier alpha value is -1.73. The topological polar surface area (TPSA) is 79.4 Å². The number of rotatable bonds is 8. The summed E-state index contributed by atoms with van der Waals surface area (Å²) in [5.74, 6) is 0.327. The number of nitrogens with zero attached hydrogens (tertiary/aromatic N) is 3. The molecule has 1 unspecified atom stereocenters. The van der Waals surface area contributed by atoms with Crippen LogP contribution in [-0.4, -0.2) is 67.2 Å². The molecule has 7 heteroatoms. The van der Waals surface area contributed by atoms with Crippen LogP contribution in [0.1, 0.15) is 35.4 Å². The maximum Gasteiger partial charge on any atom is 0.270 e. The minimum Gasteiger partial charge on any atom is -0.376 e. The summed E-state index contributed by atoms with van der Waals surface area (Å²) in [5.41, 5.74) is 1.17. The van der Waals surface area contributed by atoms with Crippen molar-refractivity contribution >= 4 is 11.9 Å². The summed E-state index contributed by atoms with van der Waals surface area (Å²) in [7, 11) is 4.03. The molecule has 128 valence electrons. The second-order valence-corrected chi connectivity index (χ2v) is 6.15. The molecule has 23 heavy (non-hydrogen) atoms. The number of hydrogen-bond donors (Lipinski definition) is 2. The van der Waals surface area contributed by atoms with E-state index >= 15 is 0 Å². The van der Waals surface area contributed by atoms with Crippen molar-refractivity contribution in [2.24, 2.45) is 0 Å². The van der Waals surface area contributed by atoms with E-state index in [1.165, 1.54) is 0 Å². The molecule has 1 atom stereocenters. The summed E-state index contributed by atoms with van der Waals surface area (Å²) in [6.45, 7) is 4.94. The lowest BCUT2D eigenvalue weighted by Crippen LogP contribution is -2.28. The van der Waals surface area contributed by atoms with Crippen LogP contribution in [0.3, 0.4) is 0 Å². The van der Waals surface area contributed by atoms with Crippen LogP contribution in [0.4, 0.5) is 5.95 Å². The fraction of sp³-hybridized carbons (Fsp3) is 0.688. The molecule has 1 aromatic heterocycles. The number of ether oxygens (including phenoxy) is 1. The molecule has 1 aliphatic heterocycles. The molecule has 1 amide bonds. The Balaban J connectivity index is 1.86. The number of amides is 1. The highest BCUT2D eigenvalue weighted by Gasteiger charge is 2.16. The zero-order chi connectivity index (χ0) is 16.7. The zero-order valence-electron chi connectivity index (χ0n) is 14.3. The molecule has 0 spiro atoms. The Morgan fingerprint density at radius 2 is 2.26 bits per heavy atom. The number of carbonyl (C=O) groups is 1. The number of carbonyl (C=O) groups excluding carboxylic acids is 1. The highest BCUT2D eigenvalue weighted by Crippen LogP contribution is 2.13. The van der Waals surface area contributed by atoms with E-state index in [2.05, 4.69) is 25.5 Å². The van der Waals surface area contributed by atoms with Gasteiger partial charge in [-0.05, 0) is 52.9 Å². The average molecular weight is 321 g/mol. The van der Waals surface area contributed by atoms with Crippen LogP contribution >= 0.6 is 0 Å². The van der Waals surface area contributed by atoms with E-state index in [1.807, 2.05) is 21.0 Å². The molecule has 0 saturated carbocycles. The lowest BCUT2D eigenvalue weighted by Gasteiger charge is -2.12. The van der Waals surface area contributed by atoms with Crippen molar-refractivity contribution in [3.05, 3.63) is 17.5 Å². The number of anilines is 1. The minimum atomic E-state index is -0.158. The summed E-state index contributed by atoms with van der Waals surface area (Å²) in [6.07, 6.45) is 3.27. The second kappa shape index (κ2) is 8.79. The lowest BCUT2D eigenvalue weighted by atomic mass is 10.2. The molecular formula is C16H27N5O2. The van der Waals surface area contributed by atoms with Gasteiger partial charge in [0.05, 0.1) is 6.10 Å². The molecule has 7 nitrogen and oxygen atoms in total. The van der Waals surface area contributed by atoms with Crippen LogP contribution < -0.4 is 10.6 Å². The van der Waals surface area contributed by atoms with Gasteiger partial charge in [-0.3, -0.25) is 4.79 Å². The maximum absolute atomic E-state index is 12.2. The van der Waals surface area contributed by atoms with Gasteiger partial charge in [0.15, 0.2) is 0 Å². The maximum atomic E-state index is 12.2. The minimum absolute atomic E-state index is 0.158. The first-order chi connectivity index (χ1) is 11.0. The first kappa shape index (κ1) is 17.6. The molecule has 1 saturated heterocycles. The molecule has 0 aliphatic carbocycles. The summed E-state index contributed by atoms with van der Waals surface area (Å²) < 4.78 is 5.57. The highest BCUT2D eigenvalue weighted by molar-refractivity contribution is 5.92. The van der Waals surface area contributed by atoms with Gasteiger partial charge in [0.25, 0.3) is 5.91 Å². The molecule has 2 N–H and O–H groups in total. The molecule has 0 aromatic carbocycles. The summed E-state index contributed by atoms with van der Waals surface area (Å²) in [4.78, 5) is 22.9. The molecule has 1 aliphatic rings. The Kier molecular flexibility index (Phi) is 6.73. The third-order valence-corrected chi connectivity index (χ3v) is 3.67. The average Bonchev–Trinajstić information content (AvgIpc) is 3.02. The van der Waals surface area contributed by atoms with Gasteiger partial charge in [-0.1, -0.05) is 0 Å². The van der Waals surface area contributed by atoms with Crippen molar-refractivity contribution in [2.75, 3.05) is 45.7 Å². The van der Waals surface area contributed by atoms with Crippen molar-refractivity contribution in [1.29, 1.82) is 0 Å². The molecule has 2 rings (SSSR count). The van der Waals surface area contributed by atoms with Crippen LogP contribution in [0.15, 0.2) is 6.07 Å². The Bertz CT molecular complexity index is 515. The normalized spacial score (nSPS) is 17.5. The second-order valence-electron chi connectivity index (χ2n) is 6.15. The van der Waals surface area contributed by atoms with Crippen LogP contribution in [0.2, 0.25) is 0 Å². The Labute approximate surface area is 137 Å². The van der Waals surface area contributed by atoms with E-state index < -0.39 is 0 Å².